The fraction of sp³-hybridized carbons (Fsp3) is 0.375. The molecular formula is C8H11N3O. The van der Waals surface area contributed by atoms with Gasteiger partial charge in [-0.05, 0) is 6.42 Å². The van der Waals surface area contributed by atoms with Crippen LogP contribution in [0.25, 0.3) is 0 Å². The van der Waals surface area contributed by atoms with Gasteiger partial charge in [-0.1, -0.05) is 0 Å². The smallest absolute Gasteiger partial charge is 0.124 e. The summed E-state index contributed by atoms with van der Waals surface area (Å²) in [4.78, 5) is 0. The molecule has 1 heterocycles. The summed E-state index contributed by atoms with van der Waals surface area (Å²) >= 11 is 0. The minimum atomic E-state index is -0.611. The van der Waals surface area contributed by atoms with Crippen LogP contribution >= 0.6 is 0 Å². The van der Waals surface area contributed by atoms with Crippen LogP contribution in [0.2, 0.25) is 0 Å². The first-order valence-corrected chi connectivity index (χ1v) is 3.66. The third-order valence-electron chi connectivity index (χ3n) is 1.62. The molecule has 0 aliphatic carbocycles. The zero-order valence-electron chi connectivity index (χ0n) is 6.62. The molecule has 1 aromatic rings. The van der Waals surface area contributed by atoms with Crippen molar-refractivity contribution in [2.75, 3.05) is 5.73 Å². The summed E-state index contributed by atoms with van der Waals surface area (Å²) in [5, 5.41) is 15.7. The van der Waals surface area contributed by atoms with Gasteiger partial charge in [0, 0.05) is 12.0 Å². The zero-order chi connectivity index (χ0) is 8.97. The number of aliphatic hydroxyl groups is 1. The zero-order valence-corrected chi connectivity index (χ0v) is 6.62. The van der Waals surface area contributed by atoms with Crippen molar-refractivity contribution in [3.8, 4) is 12.3 Å². The lowest BCUT2D eigenvalue weighted by Gasteiger charge is -2.05. The Kier molecular flexibility index (Phi) is 2.72. The highest BCUT2D eigenvalue weighted by Gasteiger charge is 2.11. The second-order valence-electron chi connectivity index (χ2n) is 2.50. The first-order valence-electron chi connectivity index (χ1n) is 3.66. The Bertz CT molecular complexity index is 287. The van der Waals surface area contributed by atoms with E-state index < -0.39 is 6.10 Å². The number of terminal acetylenes is 1. The molecule has 0 bridgehead atoms. The molecule has 0 aromatic carbocycles. The van der Waals surface area contributed by atoms with Gasteiger partial charge in [0.05, 0.1) is 12.3 Å². The number of rotatable bonds is 3. The standard InChI is InChI=1S/C8H11N3O/c1-2-3-4-7(12)6-5-10-11-8(6)9/h1,5,7,12H,3-4H2,(H3,9,10,11). The van der Waals surface area contributed by atoms with E-state index in [1.807, 2.05) is 0 Å². The molecule has 0 radical (unpaired) electrons. The van der Waals surface area contributed by atoms with Gasteiger partial charge in [0.15, 0.2) is 0 Å². The van der Waals surface area contributed by atoms with Crippen molar-refractivity contribution < 1.29 is 5.11 Å². The van der Waals surface area contributed by atoms with Crippen molar-refractivity contribution in [1.82, 2.24) is 10.2 Å². The molecule has 4 heteroatoms. The maximum absolute atomic E-state index is 9.49. The SMILES string of the molecule is C#CCCC(O)c1cn[nH]c1N. The first-order chi connectivity index (χ1) is 5.75. The number of hydrogen-bond donors (Lipinski definition) is 3. The van der Waals surface area contributed by atoms with Crippen molar-refractivity contribution in [3.63, 3.8) is 0 Å². The summed E-state index contributed by atoms with van der Waals surface area (Å²) in [7, 11) is 0. The maximum atomic E-state index is 9.49. The number of nitrogens with one attached hydrogen (secondary N) is 1. The van der Waals surface area contributed by atoms with Crippen LogP contribution in [0.3, 0.4) is 0 Å². The highest BCUT2D eigenvalue weighted by Crippen LogP contribution is 2.21. The van der Waals surface area contributed by atoms with Crippen LogP contribution < -0.4 is 5.73 Å². The van der Waals surface area contributed by atoms with Gasteiger partial charge >= 0.3 is 0 Å². The van der Waals surface area contributed by atoms with Gasteiger partial charge in [-0.3, -0.25) is 5.10 Å². The monoisotopic (exact) mass is 165 g/mol. The predicted molar refractivity (Wildman–Crippen MR) is 46.0 cm³/mol. The molecule has 12 heavy (non-hydrogen) atoms. The van der Waals surface area contributed by atoms with Gasteiger partial charge in [0.1, 0.15) is 5.82 Å². The summed E-state index contributed by atoms with van der Waals surface area (Å²) in [6.45, 7) is 0. The lowest BCUT2D eigenvalue weighted by atomic mass is 10.1. The van der Waals surface area contributed by atoms with E-state index in [4.69, 9.17) is 12.2 Å². The summed E-state index contributed by atoms with van der Waals surface area (Å²) in [6.07, 6.45) is 7.00. The second kappa shape index (κ2) is 3.79. The summed E-state index contributed by atoms with van der Waals surface area (Å²) in [5.74, 6) is 2.85. The molecule has 1 rings (SSSR count). The fourth-order valence-electron chi connectivity index (χ4n) is 0.947. The van der Waals surface area contributed by atoms with Crippen LogP contribution in [0.15, 0.2) is 6.20 Å². The van der Waals surface area contributed by atoms with Gasteiger partial charge in [0.25, 0.3) is 0 Å². The van der Waals surface area contributed by atoms with Gasteiger partial charge < -0.3 is 10.8 Å². The average Bonchev–Trinajstić information content (AvgIpc) is 2.47. The molecule has 0 saturated carbocycles. The van der Waals surface area contributed by atoms with Gasteiger partial charge in [-0.2, -0.15) is 5.10 Å². The predicted octanol–water partition coefficient (Wildman–Crippen LogP) is 0.439. The van der Waals surface area contributed by atoms with Crippen LogP contribution in [-0.4, -0.2) is 15.3 Å². The van der Waals surface area contributed by atoms with Crippen LogP contribution in [0.1, 0.15) is 24.5 Å². The Balaban J connectivity index is 2.60. The quantitative estimate of drug-likeness (QED) is 0.569. The van der Waals surface area contributed by atoms with Crippen LogP contribution in [0.4, 0.5) is 5.82 Å². The number of anilines is 1. The molecule has 0 aliphatic heterocycles. The van der Waals surface area contributed by atoms with Crippen molar-refractivity contribution >= 4 is 5.82 Å². The average molecular weight is 165 g/mol. The Morgan fingerprint density at radius 2 is 2.58 bits per heavy atom. The van der Waals surface area contributed by atoms with Crippen LogP contribution in [0, 0.1) is 12.3 Å². The Labute approximate surface area is 70.8 Å². The highest BCUT2D eigenvalue weighted by atomic mass is 16.3. The van der Waals surface area contributed by atoms with E-state index in [0.717, 1.165) is 0 Å². The van der Waals surface area contributed by atoms with Gasteiger partial charge in [0.2, 0.25) is 0 Å². The Morgan fingerprint density at radius 1 is 1.83 bits per heavy atom. The molecular weight excluding hydrogens is 154 g/mol. The number of H-pyrrole nitrogens is 1. The van der Waals surface area contributed by atoms with E-state index in [2.05, 4.69) is 16.1 Å². The van der Waals surface area contributed by atoms with E-state index in [1.165, 1.54) is 6.20 Å². The van der Waals surface area contributed by atoms with E-state index >= 15 is 0 Å². The summed E-state index contributed by atoms with van der Waals surface area (Å²) < 4.78 is 0. The maximum Gasteiger partial charge on any atom is 0.124 e. The first kappa shape index (κ1) is 8.62. The van der Waals surface area contributed by atoms with Crippen molar-refractivity contribution in [2.24, 2.45) is 0 Å². The van der Waals surface area contributed by atoms with E-state index in [-0.39, 0.29) is 0 Å². The second-order valence-corrected chi connectivity index (χ2v) is 2.50. The third kappa shape index (κ3) is 1.77. The van der Waals surface area contributed by atoms with Crippen molar-refractivity contribution in [3.05, 3.63) is 11.8 Å². The number of nitrogens with two attached hydrogens (primary N) is 1. The van der Waals surface area contributed by atoms with Gasteiger partial charge in [-0.15, -0.1) is 12.3 Å². The number of nitrogen functional groups attached to an aromatic ring is 1. The molecule has 1 unspecified atom stereocenters. The molecule has 0 amide bonds. The molecule has 64 valence electrons. The minimum absolute atomic E-state index is 0.402. The molecule has 1 atom stereocenters. The van der Waals surface area contributed by atoms with Crippen LogP contribution in [-0.2, 0) is 0 Å². The van der Waals surface area contributed by atoms with Gasteiger partial charge in [-0.25, -0.2) is 0 Å². The van der Waals surface area contributed by atoms with E-state index in [0.29, 0.717) is 24.2 Å². The molecule has 4 N–H and O–H groups in total. The van der Waals surface area contributed by atoms with Crippen molar-refractivity contribution in [1.29, 1.82) is 0 Å². The lowest BCUT2D eigenvalue weighted by Crippen LogP contribution is -1.99. The molecule has 0 fully saturated rings. The molecule has 4 nitrogen and oxygen atoms in total. The van der Waals surface area contributed by atoms with E-state index in [1.54, 1.807) is 0 Å². The molecule has 0 aliphatic rings. The van der Waals surface area contributed by atoms with Crippen LogP contribution in [0.5, 0.6) is 0 Å². The fourth-order valence-corrected chi connectivity index (χ4v) is 0.947. The number of aromatic nitrogens is 2. The highest BCUT2D eigenvalue weighted by molar-refractivity contribution is 5.38. The lowest BCUT2D eigenvalue weighted by molar-refractivity contribution is 0.170. The molecule has 0 spiro atoms. The minimum Gasteiger partial charge on any atom is -0.388 e. The largest absolute Gasteiger partial charge is 0.388 e. The number of aliphatic hydroxyl groups excluding tert-OH is 1. The Morgan fingerprint density at radius 3 is 3.08 bits per heavy atom. The summed E-state index contributed by atoms with van der Waals surface area (Å²) in [6, 6.07) is 0. The number of aromatic amines is 1. The normalized spacial score (nSPS) is 12.3. The van der Waals surface area contributed by atoms with Crippen molar-refractivity contribution in [2.45, 2.75) is 18.9 Å². The van der Waals surface area contributed by atoms with E-state index in [9.17, 15) is 5.11 Å². The summed E-state index contributed by atoms with van der Waals surface area (Å²) in [5.41, 5.74) is 6.10. The topological polar surface area (TPSA) is 74.9 Å². The third-order valence-corrected chi connectivity index (χ3v) is 1.62. The number of hydrogen-bond acceptors (Lipinski definition) is 3. The Hall–Kier alpha value is -1.47. The molecule has 1 aromatic heterocycles. The number of nitrogens with zero attached hydrogens (tertiary/aromatic N) is 1. The molecule has 0 saturated heterocycles.